The minimum atomic E-state index is -0.125. The number of ether oxygens (including phenoxy) is 1. The number of carbonyl (C=O) groups excluding carboxylic acids is 1. The van der Waals surface area contributed by atoms with Crippen LogP contribution < -0.4 is 4.74 Å². The lowest BCUT2D eigenvalue weighted by molar-refractivity contribution is 0.0737. The maximum Gasteiger partial charge on any atom is 0.272 e. The van der Waals surface area contributed by atoms with Crippen LogP contribution in [0.25, 0.3) is 10.9 Å². The molecule has 2 aromatic carbocycles. The fourth-order valence-corrected chi connectivity index (χ4v) is 2.80. The molecule has 0 saturated carbocycles. The van der Waals surface area contributed by atoms with Crippen molar-refractivity contribution in [3.05, 3.63) is 70.9 Å². The summed E-state index contributed by atoms with van der Waals surface area (Å²) in [5.74, 6) is 0.641. The topological polar surface area (TPSA) is 42.4 Å². The fraction of sp³-hybridized carbons (Fsp3) is 0.200. The zero-order chi connectivity index (χ0) is 18.0. The molecule has 1 heterocycles. The van der Waals surface area contributed by atoms with E-state index in [1.807, 2.05) is 55.5 Å². The van der Waals surface area contributed by atoms with Gasteiger partial charge in [0.25, 0.3) is 5.91 Å². The van der Waals surface area contributed by atoms with Gasteiger partial charge < -0.3 is 9.64 Å². The van der Waals surface area contributed by atoms with Crippen LogP contribution in [0, 0.1) is 0 Å². The van der Waals surface area contributed by atoms with Crippen molar-refractivity contribution in [1.82, 2.24) is 9.88 Å². The summed E-state index contributed by atoms with van der Waals surface area (Å²) in [4.78, 5) is 19.0. The molecule has 25 heavy (non-hydrogen) atoms. The van der Waals surface area contributed by atoms with Gasteiger partial charge in [-0.1, -0.05) is 29.8 Å². The number of fused-ring (bicyclic) bond motifs is 1. The van der Waals surface area contributed by atoms with Gasteiger partial charge in [0.05, 0.1) is 18.7 Å². The van der Waals surface area contributed by atoms with Gasteiger partial charge in [-0.2, -0.15) is 0 Å². The molecule has 0 fully saturated rings. The van der Waals surface area contributed by atoms with Gasteiger partial charge in [0.2, 0.25) is 0 Å². The second-order valence-electron chi connectivity index (χ2n) is 5.90. The molecule has 3 rings (SSSR count). The number of rotatable bonds is 4. The molecule has 0 aliphatic rings. The molecule has 1 amide bonds. The number of nitrogens with zero attached hydrogens (tertiary/aromatic N) is 2. The van der Waals surface area contributed by atoms with Crippen molar-refractivity contribution >= 4 is 28.4 Å². The molecule has 5 heteroatoms. The number of benzene rings is 2. The number of aromatic nitrogens is 1. The molecule has 128 valence electrons. The summed E-state index contributed by atoms with van der Waals surface area (Å²) < 4.78 is 5.21. The highest BCUT2D eigenvalue weighted by Crippen LogP contribution is 2.24. The summed E-state index contributed by atoms with van der Waals surface area (Å²) in [7, 11) is 3.40. The van der Waals surface area contributed by atoms with Crippen molar-refractivity contribution in [1.29, 1.82) is 0 Å². The average Bonchev–Trinajstić information content (AvgIpc) is 2.66. The smallest absolute Gasteiger partial charge is 0.272 e. The van der Waals surface area contributed by atoms with Crippen molar-refractivity contribution in [3.8, 4) is 5.75 Å². The van der Waals surface area contributed by atoms with Crippen molar-refractivity contribution in [2.45, 2.75) is 13.0 Å². The molecule has 3 aromatic rings. The summed E-state index contributed by atoms with van der Waals surface area (Å²) in [6.45, 7) is 1.98. The summed E-state index contributed by atoms with van der Waals surface area (Å²) in [6.07, 6.45) is 0. The summed E-state index contributed by atoms with van der Waals surface area (Å²) in [5, 5.41) is 1.61. The van der Waals surface area contributed by atoms with Crippen molar-refractivity contribution < 1.29 is 9.53 Å². The number of hydrogen-bond acceptors (Lipinski definition) is 3. The highest BCUT2D eigenvalue weighted by atomic mass is 35.5. The Hall–Kier alpha value is -2.59. The van der Waals surface area contributed by atoms with E-state index < -0.39 is 0 Å². The lowest BCUT2D eigenvalue weighted by atomic mass is 10.1. The zero-order valence-corrected chi connectivity index (χ0v) is 15.1. The van der Waals surface area contributed by atoms with Crippen LogP contribution in [0.2, 0.25) is 5.02 Å². The number of halogens is 1. The van der Waals surface area contributed by atoms with Crippen LogP contribution in [0.5, 0.6) is 5.75 Å². The number of amides is 1. The van der Waals surface area contributed by atoms with E-state index in [-0.39, 0.29) is 11.9 Å². The van der Waals surface area contributed by atoms with Gasteiger partial charge in [-0.15, -0.1) is 0 Å². The molecule has 0 radical (unpaired) electrons. The van der Waals surface area contributed by atoms with Gasteiger partial charge in [0.1, 0.15) is 11.4 Å². The number of hydrogen-bond donors (Lipinski definition) is 0. The minimum absolute atomic E-state index is 0.0851. The Bertz CT molecular complexity index is 909. The first-order valence-corrected chi connectivity index (χ1v) is 8.35. The van der Waals surface area contributed by atoms with Gasteiger partial charge in [0, 0.05) is 17.5 Å². The average molecular weight is 355 g/mol. The number of pyridine rings is 1. The van der Waals surface area contributed by atoms with Gasteiger partial charge in [-0.3, -0.25) is 4.79 Å². The molecule has 0 spiro atoms. The Morgan fingerprint density at radius 2 is 1.84 bits per heavy atom. The van der Waals surface area contributed by atoms with Gasteiger partial charge >= 0.3 is 0 Å². The Morgan fingerprint density at radius 1 is 1.12 bits per heavy atom. The maximum absolute atomic E-state index is 12.8. The molecule has 1 atom stereocenters. The van der Waals surface area contributed by atoms with Crippen molar-refractivity contribution in [3.63, 3.8) is 0 Å². The molecule has 0 saturated heterocycles. The molecular weight excluding hydrogens is 336 g/mol. The quantitative estimate of drug-likeness (QED) is 0.680. The van der Waals surface area contributed by atoms with Crippen LogP contribution in [0.15, 0.2) is 54.6 Å². The van der Waals surface area contributed by atoms with Crippen molar-refractivity contribution in [2.75, 3.05) is 14.2 Å². The summed E-state index contributed by atoms with van der Waals surface area (Å²) >= 11 is 5.93. The van der Waals surface area contributed by atoms with Crippen LogP contribution in [0.3, 0.4) is 0 Å². The zero-order valence-electron chi connectivity index (χ0n) is 14.4. The predicted octanol–water partition coefficient (Wildman–Crippen LogP) is 4.73. The monoisotopic (exact) mass is 354 g/mol. The Kier molecular flexibility index (Phi) is 4.91. The maximum atomic E-state index is 12.8. The third-order valence-electron chi connectivity index (χ3n) is 4.37. The molecule has 0 aliphatic heterocycles. The Morgan fingerprint density at radius 3 is 2.52 bits per heavy atom. The summed E-state index contributed by atoms with van der Waals surface area (Å²) in [5.41, 5.74) is 2.20. The van der Waals surface area contributed by atoms with E-state index in [0.29, 0.717) is 10.7 Å². The molecule has 1 unspecified atom stereocenters. The highest BCUT2D eigenvalue weighted by Gasteiger charge is 2.20. The molecule has 0 bridgehead atoms. The lowest BCUT2D eigenvalue weighted by Crippen LogP contribution is -2.30. The summed E-state index contributed by atoms with van der Waals surface area (Å²) in [6, 6.07) is 16.6. The highest BCUT2D eigenvalue weighted by molar-refractivity contribution is 6.30. The molecular formula is C20H19ClN2O2. The minimum Gasteiger partial charge on any atom is -0.497 e. The molecule has 1 aromatic heterocycles. The van der Waals surface area contributed by atoms with Gasteiger partial charge in [-0.25, -0.2) is 4.98 Å². The molecule has 4 nitrogen and oxygen atoms in total. The first-order valence-electron chi connectivity index (χ1n) is 7.97. The van der Waals surface area contributed by atoms with E-state index in [1.165, 1.54) is 0 Å². The predicted molar refractivity (Wildman–Crippen MR) is 100 cm³/mol. The van der Waals surface area contributed by atoms with Gasteiger partial charge in [-0.05, 0) is 48.9 Å². The molecule has 0 N–H and O–H groups in total. The molecule has 0 aliphatic carbocycles. The fourth-order valence-electron chi connectivity index (χ4n) is 2.67. The first kappa shape index (κ1) is 17.2. The van der Waals surface area contributed by atoms with Crippen LogP contribution in [0.1, 0.15) is 29.0 Å². The number of methoxy groups -OCH3 is 1. The van der Waals surface area contributed by atoms with Crippen LogP contribution in [-0.2, 0) is 0 Å². The van der Waals surface area contributed by atoms with Crippen molar-refractivity contribution in [2.24, 2.45) is 0 Å². The third-order valence-corrected chi connectivity index (χ3v) is 4.62. The second-order valence-corrected chi connectivity index (χ2v) is 6.34. The van der Waals surface area contributed by atoms with E-state index >= 15 is 0 Å². The van der Waals surface area contributed by atoms with E-state index in [2.05, 4.69) is 4.98 Å². The number of carbonyl (C=O) groups is 1. The third kappa shape index (κ3) is 3.59. The largest absolute Gasteiger partial charge is 0.497 e. The SMILES string of the molecule is COc1ccc2nc(C(=O)N(C)C(C)c3ccc(Cl)cc3)ccc2c1. The van der Waals surface area contributed by atoms with Crippen LogP contribution >= 0.6 is 11.6 Å². The Balaban J connectivity index is 1.86. The van der Waals surface area contributed by atoms with E-state index in [1.54, 1.807) is 25.1 Å². The van der Waals surface area contributed by atoms with E-state index in [4.69, 9.17) is 16.3 Å². The van der Waals surface area contributed by atoms with E-state index in [9.17, 15) is 4.79 Å². The van der Waals surface area contributed by atoms with E-state index in [0.717, 1.165) is 22.2 Å². The normalized spacial score (nSPS) is 12.0. The van der Waals surface area contributed by atoms with Gasteiger partial charge in [0.15, 0.2) is 0 Å². The van der Waals surface area contributed by atoms with Crippen LogP contribution in [0.4, 0.5) is 0 Å². The first-order chi connectivity index (χ1) is 12.0. The Labute approximate surface area is 152 Å². The second kappa shape index (κ2) is 7.11. The van der Waals surface area contributed by atoms with Crippen LogP contribution in [-0.4, -0.2) is 29.9 Å². The lowest BCUT2D eigenvalue weighted by Gasteiger charge is -2.25. The standard InChI is InChI=1S/C20H19ClN2O2/c1-13(14-4-7-16(21)8-5-14)23(2)20(24)19-10-6-15-12-17(25-3)9-11-18(15)22-19/h4-13H,1-3H3.